The topological polar surface area (TPSA) is 76.6 Å². The third kappa shape index (κ3) is 5.22. The second-order valence-electron chi connectivity index (χ2n) is 10.6. The molecule has 0 spiro atoms. The van der Waals surface area contributed by atoms with E-state index >= 15 is 0 Å². The largest absolute Gasteiger partial charge is 0.744 e. The molecule has 202 valence electrons. The predicted molar refractivity (Wildman–Crippen MR) is 155 cm³/mol. The number of hydrogen-bond donors (Lipinski definition) is 0. The quantitative estimate of drug-likeness (QED) is 0.164. The zero-order chi connectivity index (χ0) is 27.8. The fourth-order valence-electron chi connectivity index (χ4n) is 5.13. The minimum absolute atomic E-state index is 0.209. The van der Waals surface area contributed by atoms with Crippen molar-refractivity contribution in [3.8, 4) is 22.5 Å². The Hall–Kier alpha value is -3.16. The van der Waals surface area contributed by atoms with Crippen LogP contribution in [-0.4, -0.2) is 39.1 Å². The van der Waals surface area contributed by atoms with Gasteiger partial charge in [0.1, 0.15) is 34.6 Å². The molecule has 2 aliphatic rings. The lowest BCUT2D eigenvalue weighted by Crippen LogP contribution is -2.29. The molecular formula is C31H38N2O4S. The van der Waals surface area contributed by atoms with Gasteiger partial charge in [0, 0.05) is 53.0 Å². The van der Waals surface area contributed by atoms with Crippen LogP contribution in [0.3, 0.4) is 0 Å². The Morgan fingerprint density at radius 3 is 2.11 bits per heavy atom. The van der Waals surface area contributed by atoms with E-state index in [0.717, 1.165) is 53.7 Å². The maximum atomic E-state index is 12.6. The summed E-state index contributed by atoms with van der Waals surface area (Å²) in [5, 5.41) is 1.79. The van der Waals surface area contributed by atoms with Gasteiger partial charge >= 0.3 is 0 Å². The molecule has 2 aromatic rings. The molecule has 0 N–H and O–H groups in total. The van der Waals surface area contributed by atoms with Gasteiger partial charge in [-0.1, -0.05) is 32.9 Å². The summed E-state index contributed by atoms with van der Waals surface area (Å²) in [6, 6.07) is 17.2. The molecule has 0 unspecified atom stereocenters. The summed E-state index contributed by atoms with van der Waals surface area (Å²) in [5.41, 5.74) is 3.98. The van der Waals surface area contributed by atoms with E-state index in [2.05, 4.69) is 37.2 Å². The van der Waals surface area contributed by atoms with E-state index in [9.17, 15) is 13.0 Å². The van der Waals surface area contributed by atoms with Crippen LogP contribution in [0.25, 0.3) is 33.4 Å². The van der Waals surface area contributed by atoms with Crippen LogP contribution in [0.1, 0.15) is 54.0 Å². The van der Waals surface area contributed by atoms with E-state index in [1.165, 1.54) is 6.07 Å². The fourth-order valence-corrected chi connectivity index (χ4v) is 5.84. The first-order valence-electron chi connectivity index (χ1n) is 13.4. The molecule has 0 radical (unpaired) electrons. The molecule has 1 heterocycles. The second kappa shape index (κ2) is 10.5. The normalized spacial score (nSPS) is 12.3. The van der Waals surface area contributed by atoms with Crippen LogP contribution in [0, 0.1) is 0 Å². The van der Waals surface area contributed by atoms with Crippen LogP contribution < -0.4 is 14.8 Å². The van der Waals surface area contributed by atoms with Crippen molar-refractivity contribution in [2.75, 3.05) is 31.1 Å². The van der Waals surface area contributed by atoms with E-state index in [-0.39, 0.29) is 10.3 Å². The third-order valence-corrected chi connectivity index (χ3v) is 8.21. The van der Waals surface area contributed by atoms with Crippen LogP contribution in [0.4, 0.5) is 5.69 Å². The van der Waals surface area contributed by atoms with Crippen molar-refractivity contribution in [2.45, 2.75) is 58.8 Å². The number of fused-ring (bicyclic) bond motifs is 2. The van der Waals surface area contributed by atoms with Crippen molar-refractivity contribution in [3.63, 3.8) is 0 Å². The van der Waals surface area contributed by atoms with E-state index < -0.39 is 10.1 Å². The molecule has 0 atom stereocenters. The Labute approximate surface area is 226 Å². The van der Waals surface area contributed by atoms with E-state index in [4.69, 9.17) is 4.42 Å². The lowest BCUT2D eigenvalue weighted by Gasteiger charge is -2.25. The number of anilines is 1. The smallest absolute Gasteiger partial charge is 0.203 e. The van der Waals surface area contributed by atoms with Crippen molar-refractivity contribution in [1.29, 1.82) is 0 Å². The first-order chi connectivity index (χ1) is 17.9. The summed E-state index contributed by atoms with van der Waals surface area (Å²) in [4.78, 5) is 2.02. The van der Waals surface area contributed by atoms with Crippen molar-refractivity contribution >= 4 is 26.8 Å². The maximum Gasteiger partial charge on any atom is 0.203 e. The Morgan fingerprint density at radius 2 is 1.53 bits per heavy atom. The van der Waals surface area contributed by atoms with Crippen LogP contribution in [-0.2, 0) is 15.5 Å². The minimum Gasteiger partial charge on any atom is -0.744 e. The Balaban J connectivity index is 2.17. The number of hydrogen-bond acceptors (Lipinski definition) is 5. The summed E-state index contributed by atoms with van der Waals surface area (Å²) in [6.45, 7) is 17.8. The SMILES string of the molecule is CCN(CC)c1ccc2c(-c3ccc(C(C)(C)C)cc3S(=O)(=O)[O-])c3ccc(=[N+](CC)CC)cc-3oc2c1. The molecule has 7 heteroatoms. The summed E-state index contributed by atoms with van der Waals surface area (Å²) in [6.07, 6.45) is 0. The minimum atomic E-state index is -4.76. The Bertz CT molecular complexity index is 1620. The molecule has 0 bridgehead atoms. The molecule has 6 nitrogen and oxygen atoms in total. The predicted octanol–water partition coefficient (Wildman–Crippen LogP) is 6.06. The van der Waals surface area contributed by atoms with Gasteiger partial charge in [0.05, 0.1) is 11.0 Å². The third-order valence-electron chi connectivity index (χ3n) is 7.33. The lowest BCUT2D eigenvalue weighted by atomic mass is 9.85. The van der Waals surface area contributed by atoms with Crippen molar-refractivity contribution in [3.05, 3.63) is 65.5 Å². The Kier molecular flexibility index (Phi) is 7.73. The van der Waals surface area contributed by atoms with Crippen LogP contribution in [0.15, 0.2) is 63.9 Å². The zero-order valence-electron chi connectivity index (χ0n) is 23.5. The van der Waals surface area contributed by atoms with Gasteiger partial charge in [0.2, 0.25) is 5.36 Å². The van der Waals surface area contributed by atoms with Gasteiger partial charge in [0.25, 0.3) is 0 Å². The highest BCUT2D eigenvalue weighted by molar-refractivity contribution is 7.85. The molecule has 0 saturated carbocycles. The monoisotopic (exact) mass is 534 g/mol. The van der Waals surface area contributed by atoms with Crippen LogP contribution in [0.5, 0.6) is 0 Å². The molecule has 1 aliphatic heterocycles. The standard InChI is InChI=1S/C31H38N2O4S/c1-8-32(9-2)22-13-16-24-27(19-22)37-28-20-23(33(10-3)11-4)14-17-25(28)30(24)26-15-12-21(31(5,6)7)18-29(26)38(34,35)36/h12-20H,8-11H2,1-7H3. The van der Waals surface area contributed by atoms with E-state index in [1.807, 2.05) is 63.2 Å². The average Bonchev–Trinajstić information content (AvgIpc) is 2.87. The van der Waals surface area contributed by atoms with Gasteiger partial charge in [-0.15, -0.1) is 0 Å². The molecule has 0 fully saturated rings. The van der Waals surface area contributed by atoms with E-state index in [1.54, 1.807) is 6.07 Å². The van der Waals surface area contributed by atoms with Gasteiger partial charge in [0.15, 0.2) is 0 Å². The second-order valence-corrected chi connectivity index (χ2v) is 11.9. The Morgan fingerprint density at radius 1 is 0.868 bits per heavy atom. The molecule has 1 aliphatic carbocycles. The molecule has 0 saturated heterocycles. The van der Waals surface area contributed by atoms with Gasteiger partial charge < -0.3 is 13.9 Å². The van der Waals surface area contributed by atoms with E-state index in [0.29, 0.717) is 22.5 Å². The highest BCUT2D eigenvalue weighted by Gasteiger charge is 2.24. The highest BCUT2D eigenvalue weighted by atomic mass is 32.2. The van der Waals surface area contributed by atoms with Crippen molar-refractivity contribution in [2.24, 2.45) is 0 Å². The zero-order valence-corrected chi connectivity index (χ0v) is 24.3. The molecule has 2 aromatic carbocycles. The summed E-state index contributed by atoms with van der Waals surface area (Å²) in [7, 11) is -4.76. The highest BCUT2D eigenvalue weighted by Crippen LogP contribution is 2.43. The summed E-state index contributed by atoms with van der Waals surface area (Å²) >= 11 is 0. The van der Waals surface area contributed by atoms with Crippen molar-refractivity contribution < 1.29 is 17.4 Å². The van der Waals surface area contributed by atoms with Crippen LogP contribution >= 0.6 is 0 Å². The van der Waals surface area contributed by atoms with Gasteiger partial charge in [-0.05, 0) is 62.9 Å². The number of rotatable bonds is 7. The molecular weight excluding hydrogens is 496 g/mol. The lowest BCUT2D eigenvalue weighted by molar-refractivity contribution is 0.463. The molecule has 0 aromatic heterocycles. The maximum absolute atomic E-state index is 12.6. The molecule has 4 rings (SSSR count). The van der Waals surface area contributed by atoms with Crippen LogP contribution in [0.2, 0.25) is 0 Å². The number of nitrogens with zero attached hydrogens (tertiary/aromatic N) is 2. The van der Waals surface area contributed by atoms with Crippen molar-refractivity contribution in [1.82, 2.24) is 4.58 Å². The first-order valence-corrected chi connectivity index (χ1v) is 14.8. The summed E-state index contributed by atoms with van der Waals surface area (Å²) < 4.78 is 46.6. The van der Waals surface area contributed by atoms with Gasteiger partial charge in [-0.2, -0.15) is 0 Å². The first kappa shape index (κ1) is 27.9. The fraction of sp³-hybridized carbons (Fsp3) is 0.387. The van der Waals surface area contributed by atoms with Gasteiger partial charge in [-0.3, -0.25) is 0 Å². The van der Waals surface area contributed by atoms with Gasteiger partial charge in [-0.25, -0.2) is 13.0 Å². The summed E-state index contributed by atoms with van der Waals surface area (Å²) in [5.74, 6) is 0.641. The molecule has 0 amide bonds. The molecule has 38 heavy (non-hydrogen) atoms. The average molecular weight is 535 g/mol. The number of benzene rings is 3.